The van der Waals surface area contributed by atoms with Crippen molar-refractivity contribution < 1.29 is 14.3 Å². The maximum atomic E-state index is 12.3. The van der Waals surface area contributed by atoms with Gasteiger partial charge in [0.1, 0.15) is 11.5 Å². The van der Waals surface area contributed by atoms with Gasteiger partial charge in [-0.2, -0.15) is 0 Å². The molecule has 132 valence electrons. The number of aryl methyl sites for hydroxylation is 1. The van der Waals surface area contributed by atoms with Crippen LogP contribution in [0.3, 0.4) is 0 Å². The fourth-order valence-electron chi connectivity index (χ4n) is 3.26. The molecule has 4 heteroatoms. The average Bonchev–Trinajstić information content (AvgIpc) is 2.60. The third-order valence-corrected chi connectivity index (χ3v) is 4.53. The summed E-state index contributed by atoms with van der Waals surface area (Å²) >= 11 is 0. The Labute approximate surface area is 149 Å². The van der Waals surface area contributed by atoms with Gasteiger partial charge in [-0.05, 0) is 42.2 Å². The van der Waals surface area contributed by atoms with Crippen LogP contribution in [0.25, 0.3) is 0 Å². The largest absolute Gasteiger partial charge is 0.493 e. The summed E-state index contributed by atoms with van der Waals surface area (Å²) in [7, 11) is 0. The molecule has 1 heterocycles. The van der Waals surface area contributed by atoms with E-state index >= 15 is 0 Å². The molecule has 0 spiro atoms. The van der Waals surface area contributed by atoms with Crippen molar-refractivity contribution in [2.24, 2.45) is 0 Å². The zero-order chi connectivity index (χ0) is 17.8. The van der Waals surface area contributed by atoms with Gasteiger partial charge in [0.05, 0.1) is 12.6 Å². The number of amides is 1. The number of ether oxygens (including phenoxy) is 2. The molecule has 1 N–H and O–H groups in total. The van der Waals surface area contributed by atoms with Crippen LogP contribution in [0.2, 0.25) is 0 Å². The van der Waals surface area contributed by atoms with E-state index in [0.29, 0.717) is 12.5 Å². The van der Waals surface area contributed by atoms with Crippen LogP contribution < -0.4 is 14.8 Å². The van der Waals surface area contributed by atoms with E-state index in [0.717, 1.165) is 23.5 Å². The highest BCUT2D eigenvalue weighted by molar-refractivity contribution is 5.78. The van der Waals surface area contributed by atoms with Crippen molar-refractivity contribution in [1.82, 2.24) is 5.32 Å². The zero-order valence-electron chi connectivity index (χ0n) is 15.0. The van der Waals surface area contributed by atoms with E-state index in [2.05, 4.69) is 32.2 Å². The van der Waals surface area contributed by atoms with Crippen LogP contribution in [-0.2, 0) is 4.79 Å². The first kappa shape index (κ1) is 17.3. The number of rotatable bonds is 5. The maximum absolute atomic E-state index is 12.3. The molecule has 2 aromatic carbocycles. The van der Waals surface area contributed by atoms with Gasteiger partial charge >= 0.3 is 0 Å². The fraction of sp³-hybridized carbons (Fsp3) is 0.381. The number of benzene rings is 2. The van der Waals surface area contributed by atoms with Gasteiger partial charge in [-0.25, -0.2) is 0 Å². The molecule has 3 rings (SSSR count). The molecule has 1 aliphatic heterocycles. The van der Waals surface area contributed by atoms with Gasteiger partial charge in [0.2, 0.25) is 0 Å². The van der Waals surface area contributed by atoms with E-state index in [-0.39, 0.29) is 18.6 Å². The van der Waals surface area contributed by atoms with E-state index in [9.17, 15) is 4.79 Å². The van der Waals surface area contributed by atoms with Gasteiger partial charge in [-0.1, -0.05) is 38.1 Å². The molecule has 4 nitrogen and oxygen atoms in total. The van der Waals surface area contributed by atoms with Gasteiger partial charge in [0.15, 0.2) is 6.61 Å². The van der Waals surface area contributed by atoms with Crippen LogP contribution in [0.5, 0.6) is 11.5 Å². The Morgan fingerprint density at radius 3 is 2.84 bits per heavy atom. The Balaban J connectivity index is 1.58. The van der Waals surface area contributed by atoms with Gasteiger partial charge in [0, 0.05) is 12.0 Å². The highest BCUT2D eigenvalue weighted by atomic mass is 16.5. The molecule has 25 heavy (non-hydrogen) atoms. The third kappa shape index (κ3) is 4.13. The molecule has 0 fully saturated rings. The summed E-state index contributed by atoms with van der Waals surface area (Å²) in [6.07, 6.45) is 0.769. The standard InChI is InChI=1S/C21H25NO3/c1-14(2)17-9-8-16(12-15(17)3)25-13-21(23)22-19-10-11-24-20-7-5-4-6-18(19)20/h4-9,12,14,19H,10-11,13H2,1-3H3,(H,22,23)/t19-/m1/s1. The van der Waals surface area contributed by atoms with Crippen molar-refractivity contribution in [3.8, 4) is 11.5 Å². The number of carbonyl (C=O) groups excluding carboxylic acids is 1. The molecule has 0 saturated heterocycles. The smallest absolute Gasteiger partial charge is 0.258 e. The average molecular weight is 339 g/mol. The van der Waals surface area contributed by atoms with Crippen molar-refractivity contribution in [3.05, 3.63) is 59.2 Å². The normalized spacial score (nSPS) is 16.1. The first-order chi connectivity index (χ1) is 12.0. The van der Waals surface area contributed by atoms with E-state index in [4.69, 9.17) is 9.47 Å². The summed E-state index contributed by atoms with van der Waals surface area (Å²) in [6.45, 7) is 7.03. The number of para-hydroxylation sites is 1. The van der Waals surface area contributed by atoms with Gasteiger partial charge in [-0.15, -0.1) is 0 Å². The van der Waals surface area contributed by atoms with Crippen molar-refractivity contribution in [2.75, 3.05) is 13.2 Å². The molecule has 0 saturated carbocycles. The van der Waals surface area contributed by atoms with Crippen LogP contribution in [-0.4, -0.2) is 19.1 Å². The van der Waals surface area contributed by atoms with Crippen LogP contribution in [0.4, 0.5) is 0 Å². The fourth-order valence-corrected chi connectivity index (χ4v) is 3.26. The Morgan fingerprint density at radius 2 is 2.08 bits per heavy atom. The molecule has 1 amide bonds. The van der Waals surface area contributed by atoms with E-state index in [1.54, 1.807) is 0 Å². The molecule has 2 aromatic rings. The van der Waals surface area contributed by atoms with Crippen LogP contribution in [0, 0.1) is 6.92 Å². The summed E-state index contributed by atoms with van der Waals surface area (Å²) in [6, 6.07) is 13.8. The quantitative estimate of drug-likeness (QED) is 0.891. The zero-order valence-corrected chi connectivity index (χ0v) is 15.0. The summed E-state index contributed by atoms with van der Waals surface area (Å²) in [4.78, 5) is 12.3. The van der Waals surface area contributed by atoms with Crippen molar-refractivity contribution in [3.63, 3.8) is 0 Å². The third-order valence-electron chi connectivity index (χ3n) is 4.53. The second kappa shape index (κ2) is 7.60. The molecule has 0 aromatic heterocycles. The summed E-state index contributed by atoms with van der Waals surface area (Å²) in [5.74, 6) is 1.93. The molecular formula is C21H25NO3. The molecule has 1 aliphatic rings. The number of hydrogen-bond acceptors (Lipinski definition) is 3. The van der Waals surface area contributed by atoms with Gasteiger partial charge in [-0.3, -0.25) is 4.79 Å². The Bertz CT molecular complexity index is 755. The van der Waals surface area contributed by atoms with Gasteiger partial charge in [0.25, 0.3) is 5.91 Å². The lowest BCUT2D eigenvalue weighted by Crippen LogP contribution is -2.35. The number of carbonyl (C=O) groups is 1. The van der Waals surface area contributed by atoms with E-state index in [1.807, 2.05) is 36.4 Å². The van der Waals surface area contributed by atoms with Crippen molar-refractivity contribution in [1.29, 1.82) is 0 Å². The maximum Gasteiger partial charge on any atom is 0.258 e. The van der Waals surface area contributed by atoms with E-state index < -0.39 is 0 Å². The topological polar surface area (TPSA) is 47.6 Å². The van der Waals surface area contributed by atoms with E-state index in [1.165, 1.54) is 11.1 Å². The number of hydrogen-bond donors (Lipinski definition) is 1. The lowest BCUT2D eigenvalue weighted by molar-refractivity contribution is -0.124. The molecule has 0 unspecified atom stereocenters. The number of nitrogens with one attached hydrogen (secondary N) is 1. The predicted octanol–water partition coefficient (Wildman–Crippen LogP) is 4.14. The molecular weight excluding hydrogens is 314 g/mol. The highest BCUT2D eigenvalue weighted by Gasteiger charge is 2.22. The minimum atomic E-state index is -0.118. The first-order valence-corrected chi connectivity index (χ1v) is 8.79. The Kier molecular flexibility index (Phi) is 5.27. The van der Waals surface area contributed by atoms with Crippen molar-refractivity contribution in [2.45, 2.75) is 39.2 Å². The van der Waals surface area contributed by atoms with Crippen molar-refractivity contribution >= 4 is 5.91 Å². The molecule has 0 aliphatic carbocycles. The summed E-state index contributed by atoms with van der Waals surface area (Å²) in [5.41, 5.74) is 3.51. The molecule has 0 radical (unpaired) electrons. The van der Waals surface area contributed by atoms with Crippen LogP contribution in [0.1, 0.15) is 48.9 Å². The second-order valence-electron chi connectivity index (χ2n) is 6.76. The Morgan fingerprint density at radius 1 is 1.28 bits per heavy atom. The lowest BCUT2D eigenvalue weighted by Gasteiger charge is -2.26. The highest BCUT2D eigenvalue weighted by Crippen LogP contribution is 2.31. The molecule has 1 atom stereocenters. The number of fused-ring (bicyclic) bond motifs is 1. The predicted molar refractivity (Wildman–Crippen MR) is 98.2 cm³/mol. The monoisotopic (exact) mass is 339 g/mol. The minimum Gasteiger partial charge on any atom is -0.493 e. The summed E-state index contributed by atoms with van der Waals surface area (Å²) in [5, 5.41) is 3.05. The minimum absolute atomic E-state index is 0.0139. The summed E-state index contributed by atoms with van der Waals surface area (Å²) < 4.78 is 11.3. The van der Waals surface area contributed by atoms with Crippen LogP contribution >= 0.6 is 0 Å². The SMILES string of the molecule is Cc1cc(OCC(=O)N[C@@H]2CCOc3ccccc32)ccc1C(C)C. The molecule has 0 bridgehead atoms. The second-order valence-corrected chi connectivity index (χ2v) is 6.76. The van der Waals surface area contributed by atoms with Gasteiger partial charge < -0.3 is 14.8 Å². The first-order valence-electron chi connectivity index (χ1n) is 8.79. The Hall–Kier alpha value is -2.49. The van der Waals surface area contributed by atoms with Crippen LogP contribution in [0.15, 0.2) is 42.5 Å². The lowest BCUT2D eigenvalue weighted by atomic mass is 9.98.